The van der Waals surface area contributed by atoms with Gasteiger partial charge >= 0.3 is 0 Å². The van der Waals surface area contributed by atoms with E-state index in [1.807, 2.05) is 8.87 Å². The third kappa shape index (κ3) is 8.77. The van der Waals surface area contributed by atoms with Crippen molar-refractivity contribution in [2.75, 3.05) is 56.5 Å². The highest BCUT2D eigenvalue weighted by molar-refractivity contribution is 7.89. The van der Waals surface area contributed by atoms with E-state index in [0.29, 0.717) is 87.0 Å². The number of aromatic nitrogens is 3. The number of hydrogen-bond acceptors (Lipinski definition) is 12. The second-order valence-electron chi connectivity index (χ2n) is 16.0. The predicted octanol–water partition coefficient (Wildman–Crippen LogP) is 3.80. The van der Waals surface area contributed by atoms with Crippen LogP contribution < -0.4 is 21.1 Å². The number of carbonyl (C=O) groups is 4. The summed E-state index contributed by atoms with van der Waals surface area (Å²) < 4.78 is 48.0. The molecule has 3 amide bonds. The van der Waals surface area contributed by atoms with E-state index in [4.69, 9.17) is 4.98 Å². The quantitative estimate of drug-likeness (QED) is 0.127. The first kappa shape index (κ1) is 41.4. The maximum absolute atomic E-state index is 15.6. The molecule has 2 aromatic carbocycles. The minimum atomic E-state index is -1.60. The zero-order valence-electron chi connectivity index (χ0n) is 33.3. The lowest BCUT2D eigenvalue weighted by atomic mass is 10.0. The van der Waals surface area contributed by atoms with Gasteiger partial charge in [-0.3, -0.25) is 38.8 Å². The molecular formula is C42H47F2N9O6S. The molecule has 2 atom stereocenters. The van der Waals surface area contributed by atoms with Gasteiger partial charge in [0.2, 0.25) is 17.8 Å². The molecule has 4 aromatic rings. The highest BCUT2D eigenvalue weighted by atomic mass is 32.2. The van der Waals surface area contributed by atoms with Crippen molar-refractivity contribution in [3.8, 4) is 0 Å². The van der Waals surface area contributed by atoms with E-state index in [2.05, 4.69) is 20.5 Å². The summed E-state index contributed by atoms with van der Waals surface area (Å²) in [6, 6.07) is 9.42. The first-order valence-electron chi connectivity index (χ1n) is 20.4. The maximum atomic E-state index is 15.6. The number of piperidine rings is 2. The second-order valence-corrected chi connectivity index (χ2v) is 17.5. The van der Waals surface area contributed by atoms with Crippen LogP contribution in [0.2, 0.25) is 0 Å². The van der Waals surface area contributed by atoms with Crippen LogP contribution in [0.25, 0.3) is 11.0 Å². The maximum Gasteiger partial charge on any atom is 0.255 e. The number of pyridine rings is 1. The topological polar surface area (TPSA) is 176 Å². The number of benzene rings is 2. The molecule has 2 aromatic heterocycles. The van der Waals surface area contributed by atoms with Crippen LogP contribution in [0.1, 0.15) is 83.7 Å². The number of nitrogens with zero attached hydrogens (tertiary/aromatic N) is 7. The summed E-state index contributed by atoms with van der Waals surface area (Å²) in [6.45, 7) is 3.15. The molecule has 18 heteroatoms. The van der Waals surface area contributed by atoms with Crippen molar-refractivity contribution in [3.05, 3.63) is 87.3 Å². The summed E-state index contributed by atoms with van der Waals surface area (Å²) in [6.07, 6.45) is 7.82. The van der Waals surface area contributed by atoms with Crippen LogP contribution in [-0.4, -0.2) is 116 Å². The van der Waals surface area contributed by atoms with Gasteiger partial charge in [0.05, 0.1) is 22.6 Å². The van der Waals surface area contributed by atoms with Crippen LogP contribution in [-0.2, 0) is 27.5 Å². The van der Waals surface area contributed by atoms with Gasteiger partial charge in [0.15, 0.2) is 11.2 Å². The molecule has 0 spiro atoms. The number of imide groups is 1. The number of carbonyl (C=O) groups excluding carboxylic acids is 4. The number of aldehydes is 1. The molecule has 60 heavy (non-hydrogen) atoms. The van der Waals surface area contributed by atoms with Crippen LogP contribution in [0.5, 0.6) is 0 Å². The third-order valence-electron chi connectivity index (χ3n) is 12.1. The SMILES string of the molecule is CN(C(=O)c1cc(F)c(N2CCN(Cc3cc(F)cc([S+]([O-])N4CCC(Nc5ncc6ccc(=O)n(C7CCCC7)c6n5)CC4)c3)CC2)cc1C=O)C1CCC(=O)NC1=O. The first-order valence-corrected chi connectivity index (χ1v) is 21.5. The Hall–Kier alpha value is -5.30. The van der Waals surface area contributed by atoms with Crippen molar-refractivity contribution < 1.29 is 32.5 Å². The van der Waals surface area contributed by atoms with Crippen LogP contribution in [0.3, 0.4) is 0 Å². The van der Waals surface area contributed by atoms with Gasteiger partial charge in [-0.25, -0.2) is 13.8 Å². The summed E-state index contributed by atoms with van der Waals surface area (Å²) in [5, 5.41) is 6.43. The normalized spacial score (nSPS) is 20.3. The third-order valence-corrected chi connectivity index (χ3v) is 13.6. The molecule has 2 N–H and O–H groups in total. The van der Waals surface area contributed by atoms with Crippen molar-refractivity contribution in [1.29, 1.82) is 0 Å². The standard InChI is InChI=1S/C42H47F2N9O6S/c1-49(35-7-8-37(55)47-40(35)57)41(58)33-22-34(44)36(20-28(33)25-54)51-16-14-50(15-17-51)24-26-18-29(43)21-32(19-26)60(59)52-12-10-30(11-13-52)46-42-45-23-27-6-9-38(56)53(39(27)48-42)31-4-2-3-5-31/h6,9,18-23,25,30-31,35H,2-5,7-8,10-17,24H2,1H3,(H,45,46,48)(H,47,55,57). The van der Waals surface area contributed by atoms with Crippen LogP contribution in [0.4, 0.5) is 20.4 Å². The smallest absolute Gasteiger partial charge is 0.255 e. The van der Waals surface area contributed by atoms with Crippen LogP contribution in [0, 0.1) is 11.6 Å². The van der Waals surface area contributed by atoms with E-state index in [-0.39, 0.29) is 47.3 Å². The molecule has 0 radical (unpaired) electrons. The average Bonchev–Trinajstić information content (AvgIpc) is 3.78. The molecule has 8 rings (SSSR count). The van der Waals surface area contributed by atoms with Crippen molar-refractivity contribution in [2.45, 2.75) is 80.9 Å². The minimum Gasteiger partial charge on any atom is -0.593 e. The van der Waals surface area contributed by atoms with Gasteiger partial charge in [-0.05, 0) is 68.0 Å². The molecule has 15 nitrogen and oxygen atoms in total. The summed E-state index contributed by atoms with van der Waals surface area (Å²) in [5.74, 6) is -2.50. The number of anilines is 2. The minimum absolute atomic E-state index is 0.0235. The van der Waals surface area contributed by atoms with Gasteiger partial charge in [0, 0.05) is 101 Å². The number of piperazine rings is 1. The number of amides is 3. The van der Waals surface area contributed by atoms with E-state index < -0.39 is 46.8 Å². The number of fused-ring (bicyclic) bond motifs is 1. The Morgan fingerprint density at radius 3 is 2.45 bits per heavy atom. The Kier molecular flexibility index (Phi) is 12.2. The molecule has 1 aliphatic carbocycles. The molecule has 2 unspecified atom stereocenters. The highest BCUT2D eigenvalue weighted by Gasteiger charge is 2.35. The number of halogens is 2. The van der Waals surface area contributed by atoms with Crippen molar-refractivity contribution in [2.24, 2.45) is 0 Å². The molecule has 316 valence electrons. The van der Waals surface area contributed by atoms with E-state index in [9.17, 15) is 28.5 Å². The predicted molar refractivity (Wildman–Crippen MR) is 220 cm³/mol. The number of rotatable bonds is 11. The van der Waals surface area contributed by atoms with E-state index in [1.54, 1.807) is 29.3 Å². The Morgan fingerprint density at radius 1 is 0.983 bits per heavy atom. The van der Waals surface area contributed by atoms with Gasteiger partial charge in [0.1, 0.15) is 23.3 Å². The largest absolute Gasteiger partial charge is 0.593 e. The monoisotopic (exact) mass is 843 g/mol. The van der Waals surface area contributed by atoms with Crippen molar-refractivity contribution >= 4 is 58.0 Å². The van der Waals surface area contributed by atoms with Gasteiger partial charge in [0.25, 0.3) is 11.5 Å². The number of likely N-dealkylation sites (N-methyl/N-ethyl adjacent to an activating group) is 1. The highest BCUT2D eigenvalue weighted by Crippen LogP contribution is 2.31. The molecule has 4 fully saturated rings. The first-order chi connectivity index (χ1) is 28.9. The molecule has 3 aliphatic heterocycles. The molecule has 4 aliphatic rings. The fourth-order valence-electron chi connectivity index (χ4n) is 8.83. The molecule has 3 saturated heterocycles. The average molecular weight is 844 g/mol. The summed E-state index contributed by atoms with van der Waals surface area (Å²) in [7, 11) is 1.38. The fraction of sp³-hybridized carbons (Fsp3) is 0.452. The van der Waals surface area contributed by atoms with E-state index in [1.165, 1.54) is 25.2 Å². The Morgan fingerprint density at radius 2 is 1.73 bits per heavy atom. The Balaban J connectivity index is 0.856. The Labute approximate surface area is 348 Å². The van der Waals surface area contributed by atoms with E-state index in [0.717, 1.165) is 42.0 Å². The zero-order valence-corrected chi connectivity index (χ0v) is 34.1. The fourth-order valence-corrected chi connectivity index (χ4v) is 10.1. The van der Waals surface area contributed by atoms with Crippen LogP contribution in [0.15, 0.2) is 58.4 Å². The Bertz CT molecular complexity index is 2360. The van der Waals surface area contributed by atoms with Gasteiger partial charge in [-0.1, -0.05) is 12.8 Å². The summed E-state index contributed by atoms with van der Waals surface area (Å²) in [5.41, 5.74) is 1.19. The molecule has 5 heterocycles. The van der Waals surface area contributed by atoms with Crippen molar-refractivity contribution in [1.82, 2.24) is 34.0 Å². The van der Waals surface area contributed by atoms with Gasteiger partial charge in [-0.15, -0.1) is 4.31 Å². The number of nitrogens with one attached hydrogen (secondary N) is 2. The molecule has 0 bridgehead atoms. The van der Waals surface area contributed by atoms with E-state index >= 15 is 8.78 Å². The molecule has 1 saturated carbocycles. The lowest BCUT2D eigenvalue weighted by Gasteiger charge is -2.36. The number of hydrogen-bond donors (Lipinski definition) is 2. The summed E-state index contributed by atoms with van der Waals surface area (Å²) in [4.78, 5) is 76.8. The van der Waals surface area contributed by atoms with Gasteiger partial charge < -0.3 is 19.7 Å². The molecular weight excluding hydrogens is 797 g/mol. The zero-order chi connectivity index (χ0) is 42.1. The van der Waals surface area contributed by atoms with Gasteiger partial charge in [-0.2, -0.15) is 4.98 Å². The lowest BCUT2D eigenvalue weighted by molar-refractivity contribution is -0.136. The lowest BCUT2D eigenvalue weighted by Crippen LogP contribution is -2.53. The van der Waals surface area contributed by atoms with Crippen LogP contribution >= 0.6 is 0 Å². The second kappa shape index (κ2) is 17.7. The van der Waals surface area contributed by atoms with Crippen molar-refractivity contribution in [3.63, 3.8) is 0 Å². The summed E-state index contributed by atoms with van der Waals surface area (Å²) >= 11 is -1.60.